The summed E-state index contributed by atoms with van der Waals surface area (Å²) in [5.41, 5.74) is 0.336. The van der Waals surface area contributed by atoms with Crippen molar-refractivity contribution in [3.05, 3.63) is 29.6 Å². The van der Waals surface area contributed by atoms with Gasteiger partial charge < -0.3 is 19.6 Å². The zero-order valence-corrected chi connectivity index (χ0v) is 12.6. The fourth-order valence-electron chi connectivity index (χ4n) is 3.90. The molecule has 3 atom stereocenters. The molecule has 0 saturated carbocycles. The van der Waals surface area contributed by atoms with E-state index in [-0.39, 0.29) is 17.9 Å². The lowest BCUT2D eigenvalue weighted by Crippen LogP contribution is -2.40. The molecule has 1 aromatic rings. The summed E-state index contributed by atoms with van der Waals surface area (Å²) < 4.78 is 25.9. The molecule has 0 bridgehead atoms. The number of rotatable bonds is 2. The minimum Gasteiger partial charge on any atom is -0.493 e. The number of halogens is 1. The first-order valence-electron chi connectivity index (χ1n) is 7.60. The molecule has 23 heavy (non-hydrogen) atoms. The summed E-state index contributed by atoms with van der Waals surface area (Å²) in [5.74, 6) is 0.274. The predicted octanol–water partition coefficient (Wildman–Crippen LogP) is 2.14. The van der Waals surface area contributed by atoms with Crippen LogP contribution in [0.5, 0.6) is 11.5 Å². The fourth-order valence-corrected chi connectivity index (χ4v) is 3.90. The molecule has 1 aliphatic carbocycles. The summed E-state index contributed by atoms with van der Waals surface area (Å²) in [6, 6.07) is 0.791. The van der Waals surface area contributed by atoms with Gasteiger partial charge in [0.2, 0.25) is 0 Å². The van der Waals surface area contributed by atoms with Gasteiger partial charge in [0, 0.05) is 18.1 Å². The monoisotopic (exact) mass is 317 g/mol. The van der Waals surface area contributed by atoms with E-state index in [0.29, 0.717) is 29.9 Å². The quantitative estimate of drug-likeness (QED) is 0.847. The SMILES string of the molecule is COc1cc(F)c2c3c1OC1CC(=O)C=CC31CCC(C=O)N2. The number of anilines is 1. The first kappa shape index (κ1) is 14.2. The van der Waals surface area contributed by atoms with Crippen molar-refractivity contribution in [2.45, 2.75) is 36.8 Å². The number of hydrogen-bond acceptors (Lipinski definition) is 5. The Morgan fingerprint density at radius 2 is 2.35 bits per heavy atom. The molecule has 2 heterocycles. The smallest absolute Gasteiger partial charge is 0.168 e. The van der Waals surface area contributed by atoms with Gasteiger partial charge in [0.15, 0.2) is 23.1 Å². The standard InChI is InChI=1S/C17H16FNO4/c1-22-12-7-11(18)15-14-16(12)23-13-6-10(21)3-5-17(13,14)4-2-9(8-20)19-15/h3,5,7-9,13,19H,2,4,6H2,1H3. The van der Waals surface area contributed by atoms with Crippen LogP contribution in [0.15, 0.2) is 18.2 Å². The van der Waals surface area contributed by atoms with Crippen LogP contribution >= 0.6 is 0 Å². The van der Waals surface area contributed by atoms with Gasteiger partial charge in [0.1, 0.15) is 12.4 Å². The summed E-state index contributed by atoms with van der Waals surface area (Å²) in [7, 11) is 1.45. The number of allylic oxidation sites excluding steroid dienone is 1. The molecule has 0 saturated heterocycles. The maximum absolute atomic E-state index is 14.6. The van der Waals surface area contributed by atoms with E-state index in [1.807, 2.05) is 6.08 Å². The van der Waals surface area contributed by atoms with Crippen molar-refractivity contribution in [2.75, 3.05) is 12.4 Å². The van der Waals surface area contributed by atoms with Gasteiger partial charge in [-0.1, -0.05) is 6.08 Å². The fraction of sp³-hybridized carbons (Fsp3) is 0.412. The van der Waals surface area contributed by atoms with Crippen molar-refractivity contribution < 1.29 is 23.5 Å². The number of hydrogen-bond donors (Lipinski definition) is 1. The molecule has 120 valence electrons. The second kappa shape index (κ2) is 4.81. The van der Waals surface area contributed by atoms with E-state index >= 15 is 0 Å². The van der Waals surface area contributed by atoms with E-state index in [0.717, 1.165) is 6.29 Å². The van der Waals surface area contributed by atoms with Crippen LogP contribution in [-0.2, 0) is 15.0 Å². The van der Waals surface area contributed by atoms with Crippen LogP contribution in [0.3, 0.4) is 0 Å². The van der Waals surface area contributed by atoms with Crippen molar-refractivity contribution in [1.29, 1.82) is 0 Å². The summed E-state index contributed by atoms with van der Waals surface area (Å²) in [6.07, 6.45) is 5.13. The second-order valence-electron chi connectivity index (χ2n) is 6.22. The van der Waals surface area contributed by atoms with Gasteiger partial charge in [0.25, 0.3) is 0 Å². The molecule has 0 radical (unpaired) electrons. The Kier molecular flexibility index (Phi) is 2.98. The number of benzene rings is 1. The highest BCUT2D eigenvalue weighted by Crippen LogP contribution is 2.58. The van der Waals surface area contributed by atoms with Crippen molar-refractivity contribution in [3.8, 4) is 11.5 Å². The lowest BCUT2D eigenvalue weighted by molar-refractivity contribution is -0.117. The number of nitrogens with one attached hydrogen (secondary N) is 1. The average molecular weight is 317 g/mol. The van der Waals surface area contributed by atoms with E-state index in [9.17, 15) is 14.0 Å². The molecule has 4 rings (SSSR count). The first-order chi connectivity index (χ1) is 11.1. The lowest BCUT2D eigenvalue weighted by atomic mass is 9.69. The second-order valence-corrected chi connectivity index (χ2v) is 6.22. The molecule has 3 unspecified atom stereocenters. The summed E-state index contributed by atoms with van der Waals surface area (Å²) in [5, 5.41) is 2.98. The normalized spacial score (nSPS) is 30.6. The van der Waals surface area contributed by atoms with E-state index in [1.54, 1.807) is 0 Å². The van der Waals surface area contributed by atoms with Crippen LogP contribution < -0.4 is 14.8 Å². The Morgan fingerprint density at radius 1 is 1.52 bits per heavy atom. The van der Waals surface area contributed by atoms with Crippen molar-refractivity contribution in [3.63, 3.8) is 0 Å². The highest BCUT2D eigenvalue weighted by molar-refractivity contribution is 5.93. The number of carbonyl (C=O) groups is 2. The zero-order chi connectivity index (χ0) is 16.2. The molecule has 3 aliphatic rings. The van der Waals surface area contributed by atoms with E-state index < -0.39 is 23.4 Å². The molecule has 0 amide bonds. The Hall–Kier alpha value is -2.37. The number of methoxy groups -OCH3 is 1. The molecule has 0 fully saturated rings. The summed E-state index contributed by atoms with van der Waals surface area (Å²) >= 11 is 0. The van der Waals surface area contributed by atoms with Gasteiger partial charge in [-0.15, -0.1) is 0 Å². The molecule has 6 heteroatoms. The summed E-state index contributed by atoms with van der Waals surface area (Å²) in [4.78, 5) is 23.1. The number of ketones is 1. The Labute approximate surface area is 132 Å². The molecule has 1 N–H and O–H groups in total. The van der Waals surface area contributed by atoms with Crippen molar-refractivity contribution in [2.24, 2.45) is 0 Å². The first-order valence-corrected chi connectivity index (χ1v) is 7.60. The van der Waals surface area contributed by atoms with Gasteiger partial charge in [-0.2, -0.15) is 0 Å². The maximum atomic E-state index is 14.6. The minimum absolute atomic E-state index is 0.0152. The van der Waals surface area contributed by atoms with Gasteiger partial charge in [0.05, 0.1) is 24.3 Å². The van der Waals surface area contributed by atoms with Crippen LogP contribution in [0.1, 0.15) is 24.8 Å². The van der Waals surface area contributed by atoms with Crippen LogP contribution in [-0.4, -0.2) is 31.3 Å². The van der Waals surface area contributed by atoms with Crippen molar-refractivity contribution >= 4 is 17.8 Å². The van der Waals surface area contributed by atoms with Gasteiger partial charge in [-0.25, -0.2) is 4.39 Å². The molecular weight excluding hydrogens is 301 g/mol. The third-order valence-electron chi connectivity index (χ3n) is 5.03. The highest BCUT2D eigenvalue weighted by Gasteiger charge is 2.54. The van der Waals surface area contributed by atoms with Crippen LogP contribution in [0.4, 0.5) is 10.1 Å². The van der Waals surface area contributed by atoms with Crippen LogP contribution in [0, 0.1) is 5.82 Å². The minimum atomic E-state index is -0.598. The summed E-state index contributed by atoms with van der Waals surface area (Å²) in [6.45, 7) is 0. The number of ether oxygens (including phenoxy) is 2. The molecule has 2 aliphatic heterocycles. The molecule has 5 nitrogen and oxygen atoms in total. The third kappa shape index (κ3) is 1.84. The predicted molar refractivity (Wildman–Crippen MR) is 80.5 cm³/mol. The Bertz CT molecular complexity index is 745. The van der Waals surface area contributed by atoms with E-state index in [2.05, 4.69) is 5.32 Å². The van der Waals surface area contributed by atoms with Gasteiger partial charge >= 0.3 is 0 Å². The van der Waals surface area contributed by atoms with Gasteiger partial charge in [-0.3, -0.25) is 4.79 Å². The third-order valence-corrected chi connectivity index (χ3v) is 5.03. The molecule has 1 aromatic carbocycles. The topological polar surface area (TPSA) is 64.6 Å². The number of carbonyl (C=O) groups excluding carboxylic acids is 2. The number of aldehydes is 1. The Morgan fingerprint density at radius 3 is 3.09 bits per heavy atom. The van der Waals surface area contributed by atoms with E-state index in [1.165, 1.54) is 19.3 Å². The lowest BCUT2D eigenvalue weighted by Gasteiger charge is -2.33. The average Bonchev–Trinajstić information content (AvgIpc) is 2.77. The van der Waals surface area contributed by atoms with Crippen LogP contribution in [0.25, 0.3) is 0 Å². The largest absolute Gasteiger partial charge is 0.493 e. The molecule has 1 spiro atoms. The Balaban J connectivity index is 2.00. The van der Waals surface area contributed by atoms with Crippen LogP contribution in [0.2, 0.25) is 0 Å². The molecule has 0 aromatic heterocycles. The van der Waals surface area contributed by atoms with E-state index in [4.69, 9.17) is 9.47 Å². The van der Waals surface area contributed by atoms with Crippen molar-refractivity contribution in [1.82, 2.24) is 0 Å². The maximum Gasteiger partial charge on any atom is 0.168 e. The van der Waals surface area contributed by atoms with Gasteiger partial charge in [-0.05, 0) is 18.9 Å². The zero-order valence-electron chi connectivity index (χ0n) is 12.6. The highest BCUT2D eigenvalue weighted by atomic mass is 19.1. The molecular formula is C17H16FNO4.